The molecule has 1 aliphatic rings. The zero-order chi connectivity index (χ0) is 17.4. The summed E-state index contributed by atoms with van der Waals surface area (Å²) in [5.41, 5.74) is 2.65. The minimum Gasteiger partial charge on any atom is -0.609 e. The first kappa shape index (κ1) is 16.1. The molecule has 0 saturated carbocycles. The second-order valence-electron chi connectivity index (χ2n) is 5.64. The summed E-state index contributed by atoms with van der Waals surface area (Å²) < 4.78 is 13.8. The lowest BCUT2D eigenvalue weighted by atomic mass is 10.0. The number of carbonyl (C=O) groups is 1. The first-order chi connectivity index (χ1) is 11.5. The monoisotopic (exact) mass is 328 g/mol. The molecule has 1 aromatic carbocycles. The van der Waals surface area contributed by atoms with Crippen LogP contribution in [0.15, 0.2) is 24.3 Å². The predicted octanol–water partition coefficient (Wildman–Crippen LogP) is 1.45. The van der Waals surface area contributed by atoms with Crippen molar-refractivity contribution in [3.63, 3.8) is 0 Å². The lowest BCUT2D eigenvalue weighted by Gasteiger charge is -2.13. The van der Waals surface area contributed by atoms with Gasteiger partial charge < -0.3 is 19.1 Å². The maximum absolute atomic E-state index is 12.3. The van der Waals surface area contributed by atoms with E-state index in [9.17, 15) is 9.90 Å². The summed E-state index contributed by atoms with van der Waals surface area (Å²) in [7, 11) is 3.62. The summed E-state index contributed by atoms with van der Waals surface area (Å²) in [6.07, 6.45) is 3.77. The number of benzene rings is 1. The topological polar surface area (TPSA) is 66.5 Å². The maximum Gasteiger partial charge on any atom is 0.355 e. The van der Waals surface area contributed by atoms with Gasteiger partial charge in [-0.2, -0.15) is 4.58 Å². The van der Waals surface area contributed by atoms with Crippen LogP contribution in [0.3, 0.4) is 0 Å². The first-order valence-electron chi connectivity index (χ1n) is 7.90. The van der Waals surface area contributed by atoms with E-state index in [-0.39, 0.29) is 11.9 Å². The lowest BCUT2D eigenvalue weighted by Crippen LogP contribution is -2.15. The Morgan fingerprint density at radius 1 is 1.25 bits per heavy atom. The van der Waals surface area contributed by atoms with Gasteiger partial charge in [-0.25, -0.2) is 4.79 Å². The normalized spacial score (nSPS) is 15.2. The molecule has 6 heteroatoms. The molecule has 0 radical (unpaired) electrons. The number of esters is 1. The van der Waals surface area contributed by atoms with E-state index in [0.717, 1.165) is 21.9 Å². The van der Waals surface area contributed by atoms with Crippen molar-refractivity contribution in [1.29, 1.82) is 0 Å². The van der Waals surface area contributed by atoms with Crippen LogP contribution in [0.1, 0.15) is 35.5 Å². The molecule has 0 atom stereocenters. The molecule has 2 heterocycles. The first-order valence-corrected chi connectivity index (χ1v) is 7.90. The van der Waals surface area contributed by atoms with Gasteiger partial charge in [0.2, 0.25) is 5.70 Å². The number of carbonyl (C=O) groups excluding carboxylic acids is 1. The van der Waals surface area contributed by atoms with E-state index in [4.69, 9.17) is 9.47 Å². The van der Waals surface area contributed by atoms with Gasteiger partial charge in [0.05, 0.1) is 17.7 Å². The van der Waals surface area contributed by atoms with Gasteiger partial charge in [-0.1, -0.05) is 6.92 Å². The molecule has 0 aliphatic carbocycles. The number of aryl methyl sites for hydroxylation is 1. The quantitative estimate of drug-likeness (QED) is 0.484. The van der Waals surface area contributed by atoms with Gasteiger partial charge >= 0.3 is 5.97 Å². The van der Waals surface area contributed by atoms with Crippen LogP contribution in [-0.4, -0.2) is 41.6 Å². The van der Waals surface area contributed by atoms with Crippen LogP contribution < -0.4 is 5.11 Å². The third-order valence-electron chi connectivity index (χ3n) is 4.04. The summed E-state index contributed by atoms with van der Waals surface area (Å²) in [6.45, 7) is 4.18. The van der Waals surface area contributed by atoms with Crippen molar-refractivity contribution >= 4 is 28.7 Å². The van der Waals surface area contributed by atoms with E-state index in [0.29, 0.717) is 24.6 Å². The van der Waals surface area contributed by atoms with Crippen molar-refractivity contribution in [1.82, 2.24) is 4.57 Å². The fourth-order valence-electron chi connectivity index (χ4n) is 3.09. The highest BCUT2D eigenvalue weighted by atomic mass is 16.6. The van der Waals surface area contributed by atoms with Crippen molar-refractivity contribution in [2.45, 2.75) is 13.8 Å². The molecule has 2 aromatic rings. The fourth-order valence-corrected chi connectivity index (χ4v) is 3.09. The predicted molar refractivity (Wildman–Crippen MR) is 88.8 cm³/mol. The Morgan fingerprint density at radius 3 is 2.62 bits per heavy atom. The van der Waals surface area contributed by atoms with Crippen LogP contribution in [0.25, 0.3) is 16.5 Å². The van der Waals surface area contributed by atoms with Gasteiger partial charge in [0, 0.05) is 24.0 Å². The molecule has 0 bridgehead atoms. The maximum atomic E-state index is 12.3. The number of hydrogen-bond donors (Lipinski definition) is 0. The average molecular weight is 328 g/mol. The highest BCUT2D eigenvalue weighted by molar-refractivity contribution is 6.07. The SMILES string of the molecule is CCOC(=O)c1c2cc3c(cc2cn1C)C=[N+](C)/C3=C(/[O-])OCC. The summed E-state index contributed by atoms with van der Waals surface area (Å²) in [5.74, 6) is -0.745. The summed E-state index contributed by atoms with van der Waals surface area (Å²) in [6, 6.07) is 3.83. The Morgan fingerprint density at radius 2 is 1.96 bits per heavy atom. The Hall–Kier alpha value is -2.76. The third kappa shape index (κ3) is 2.44. The van der Waals surface area contributed by atoms with Crippen molar-refractivity contribution in [2.75, 3.05) is 20.3 Å². The lowest BCUT2D eigenvalue weighted by molar-refractivity contribution is -0.418. The highest BCUT2D eigenvalue weighted by Gasteiger charge is 2.28. The third-order valence-corrected chi connectivity index (χ3v) is 4.04. The fraction of sp³-hybridized carbons (Fsp3) is 0.333. The van der Waals surface area contributed by atoms with Crippen LogP contribution in [0, 0.1) is 0 Å². The second-order valence-corrected chi connectivity index (χ2v) is 5.64. The molecule has 0 fully saturated rings. The molecule has 24 heavy (non-hydrogen) atoms. The average Bonchev–Trinajstić information content (AvgIpc) is 2.99. The standard InChI is InChI=1S/C18H20N2O4/c1-5-23-17(21)15-13-8-14-12(7-11(13)9-19(15)3)10-20(4)16(14)18(22)24-6-2/h7-10H,5-6H2,1-4H3. The van der Waals surface area contributed by atoms with Gasteiger partial charge in [-0.3, -0.25) is 0 Å². The molecule has 1 aliphatic heterocycles. The Kier molecular flexibility index (Phi) is 4.05. The summed E-state index contributed by atoms with van der Waals surface area (Å²) in [4.78, 5) is 12.3. The number of nitrogens with zero attached hydrogens (tertiary/aromatic N) is 2. The van der Waals surface area contributed by atoms with Crippen molar-refractivity contribution in [3.05, 3.63) is 41.1 Å². The minimum absolute atomic E-state index is 0.313. The van der Waals surface area contributed by atoms with Crippen LogP contribution in [-0.2, 0) is 16.5 Å². The number of hydrogen-bond acceptors (Lipinski definition) is 4. The van der Waals surface area contributed by atoms with Gasteiger partial charge in [0.1, 0.15) is 18.7 Å². The molecule has 0 saturated heterocycles. The Balaban J connectivity index is 2.22. The van der Waals surface area contributed by atoms with Gasteiger partial charge in [-0.15, -0.1) is 0 Å². The van der Waals surface area contributed by atoms with Crippen LogP contribution in [0.2, 0.25) is 0 Å². The molecule has 3 rings (SSSR count). The van der Waals surface area contributed by atoms with Crippen molar-refractivity contribution < 1.29 is 24.0 Å². The van der Waals surface area contributed by atoms with Crippen LogP contribution in [0.5, 0.6) is 0 Å². The Bertz CT molecular complexity index is 890. The van der Waals surface area contributed by atoms with Crippen molar-refractivity contribution in [2.24, 2.45) is 7.05 Å². The zero-order valence-electron chi connectivity index (χ0n) is 14.3. The van der Waals surface area contributed by atoms with Gasteiger partial charge in [0.15, 0.2) is 6.21 Å². The van der Waals surface area contributed by atoms with E-state index >= 15 is 0 Å². The molecule has 0 N–H and O–H groups in total. The van der Waals surface area contributed by atoms with E-state index in [1.165, 1.54) is 0 Å². The van der Waals surface area contributed by atoms with Crippen molar-refractivity contribution in [3.8, 4) is 0 Å². The smallest absolute Gasteiger partial charge is 0.355 e. The van der Waals surface area contributed by atoms with E-state index in [1.807, 2.05) is 38.6 Å². The van der Waals surface area contributed by atoms with Crippen LogP contribution >= 0.6 is 0 Å². The number of rotatable bonds is 4. The minimum atomic E-state index is -0.372. The Labute approximate surface area is 140 Å². The molecule has 0 spiro atoms. The second kappa shape index (κ2) is 6.03. The van der Waals surface area contributed by atoms with Crippen LogP contribution in [0.4, 0.5) is 0 Å². The van der Waals surface area contributed by atoms with Gasteiger partial charge in [-0.05, 0) is 25.7 Å². The number of ether oxygens (including phenoxy) is 2. The molecular formula is C18H20N2O4. The molecule has 6 nitrogen and oxygen atoms in total. The molecular weight excluding hydrogens is 308 g/mol. The van der Waals surface area contributed by atoms with Gasteiger partial charge in [0.25, 0.3) is 0 Å². The summed E-state index contributed by atoms with van der Waals surface area (Å²) >= 11 is 0. The number of fused-ring (bicyclic) bond motifs is 2. The number of aromatic nitrogens is 1. The van der Waals surface area contributed by atoms with E-state index < -0.39 is 0 Å². The zero-order valence-corrected chi connectivity index (χ0v) is 14.3. The largest absolute Gasteiger partial charge is 0.609 e. The highest BCUT2D eigenvalue weighted by Crippen LogP contribution is 2.32. The molecule has 1 aromatic heterocycles. The molecule has 126 valence electrons. The molecule has 0 amide bonds. The van der Waals surface area contributed by atoms with E-state index in [1.54, 1.807) is 23.0 Å². The molecule has 0 unspecified atom stereocenters. The van der Waals surface area contributed by atoms with E-state index in [2.05, 4.69) is 0 Å². The summed E-state index contributed by atoms with van der Waals surface area (Å²) in [5, 5.41) is 14.0.